The van der Waals surface area contributed by atoms with Crippen molar-refractivity contribution < 1.29 is 28.1 Å². The van der Waals surface area contributed by atoms with Crippen LogP contribution in [0, 0.1) is 11.2 Å². The van der Waals surface area contributed by atoms with Crippen molar-refractivity contribution in [1.29, 1.82) is 0 Å². The van der Waals surface area contributed by atoms with Crippen molar-refractivity contribution in [2.24, 2.45) is 5.41 Å². The summed E-state index contributed by atoms with van der Waals surface area (Å²) < 4.78 is 37.5. The standard InChI is InChI=1S/C31H35FO5/c1-31(2)15-6-16-36-30(31)27-18-22(9-12-25(27)26-19-23(34-3)11-13-28(26)32)20-37-24-8-5-7-21(17-24)10-14-29(33)35-4/h5,7-9,11-13,17-19,30H,6,10,14-16,20H2,1-4H3. The molecule has 37 heavy (non-hydrogen) atoms. The van der Waals surface area contributed by atoms with E-state index in [0.29, 0.717) is 37.4 Å². The molecule has 0 spiro atoms. The number of carbonyl (C=O) groups excluding carboxylic acids is 1. The first kappa shape index (κ1) is 26.7. The van der Waals surface area contributed by atoms with E-state index >= 15 is 4.39 Å². The Kier molecular flexibility index (Phi) is 8.49. The molecule has 196 valence electrons. The molecule has 1 aliphatic heterocycles. The van der Waals surface area contributed by atoms with Gasteiger partial charge < -0.3 is 18.9 Å². The zero-order chi connectivity index (χ0) is 26.4. The van der Waals surface area contributed by atoms with Crippen LogP contribution in [0.15, 0.2) is 60.7 Å². The number of hydrogen-bond acceptors (Lipinski definition) is 5. The van der Waals surface area contributed by atoms with Crippen molar-refractivity contribution >= 4 is 5.97 Å². The predicted molar refractivity (Wildman–Crippen MR) is 141 cm³/mol. The van der Waals surface area contributed by atoms with Gasteiger partial charge in [-0.25, -0.2) is 4.39 Å². The van der Waals surface area contributed by atoms with E-state index in [-0.39, 0.29) is 23.3 Å². The minimum atomic E-state index is -0.302. The Morgan fingerprint density at radius 1 is 1.00 bits per heavy atom. The molecule has 0 N–H and O–H groups in total. The quantitative estimate of drug-likeness (QED) is 0.291. The molecular formula is C31H35FO5. The van der Waals surface area contributed by atoms with E-state index in [1.54, 1.807) is 19.2 Å². The van der Waals surface area contributed by atoms with Crippen molar-refractivity contribution in [1.82, 2.24) is 0 Å². The van der Waals surface area contributed by atoms with Crippen molar-refractivity contribution in [3.63, 3.8) is 0 Å². The van der Waals surface area contributed by atoms with E-state index in [1.165, 1.54) is 13.2 Å². The van der Waals surface area contributed by atoms with Crippen LogP contribution in [0.1, 0.15) is 55.9 Å². The first-order chi connectivity index (χ1) is 17.8. The van der Waals surface area contributed by atoms with Crippen LogP contribution in [0.25, 0.3) is 11.1 Å². The van der Waals surface area contributed by atoms with Gasteiger partial charge in [0.05, 0.1) is 20.3 Å². The maximum Gasteiger partial charge on any atom is 0.305 e. The van der Waals surface area contributed by atoms with Gasteiger partial charge in [-0.05, 0) is 83.3 Å². The minimum Gasteiger partial charge on any atom is -0.497 e. The molecule has 1 unspecified atom stereocenters. The Hall–Kier alpha value is -3.38. The second kappa shape index (κ2) is 11.8. The van der Waals surface area contributed by atoms with Crippen LogP contribution in [-0.4, -0.2) is 26.8 Å². The molecule has 0 amide bonds. The van der Waals surface area contributed by atoms with Crippen LogP contribution in [0.5, 0.6) is 11.5 Å². The summed E-state index contributed by atoms with van der Waals surface area (Å²) in [6, 6.07) is 18.5. The normalized spacial score (nSPS) is 16.7. The SMILES string of the molecule is COC(=O)CCc1cccc(OCc2ccc(-c3cc(OC)ccc3F)c(C3OCCCC3(C)C)c2)c1. The second-order valence-electron chi connectivity index (χ2n) is 10.1. The monoisotopic (exact) mass is 506 g/mol. The van der Waals surface area contributed by atoms with E-state index in [2.05, 4.69) is 19.9 Å². The highest BCUT2D eigenvalue weighted by atomic mass is 19.1. The number of rotatable bonds is 9. The fourth-order valence-corrected chi connectivity index (χ4v) is 4.90. The summed E-state index contributed by atoms with van der Waals surface area (Å²) in [5.74, 6) is 0.787. The molecule has 1 atom stereocenters. The van der Waals surface area contributed by atoms with Crippen LogP contribution in [0.2, 0.25) is 0 Å². The molecule has 1 aliphatic rings. The average Bonchev–Trinajstić information content (AvgIpc) is 2.91. The smallest absolute Gasteiger partial charge is 0.305 e. The van der Waals surface area contributed by atoms with Gasteiger partial charge in [0.1, 0.15) is 23.9 Å². The van der Waals surface area contributed by atoms with Gasteiger partial charge in [0.25, 0.3) is 0 Å². The molecule has 0 aromatic heterocycles. The summed E-state index contributed by atoms with van der Waals surface area (Å²) in [4.78, 5) is 11.5. The molecule has 6 heteroatoms. The van der Waals surface area contributed by atoms with Crippen LogP contribution >= 0.6 is 0 Å². The zero-order valence-electron chi connectivity index (χ0n) is 22.0. The van der Waals surface area contributed by atoms with Crippen molar-refractivity contribution in [2.75, 3.05) is 20.8 Å². The molecule has 4 rings (SSSR count). The van der Waals surface area contributed by atoms with Crippen LogP contribution in [0.4, 0.5) is 4.39 Å². The molecule has 0 saturated carbocycles. The number of methoxy groups -OCH3 is 2. The molecule has 3 aromatic carbocycles. The van der Waals surface area contributed by atoms with Gasteiger partial charge in [-0.3, -0.25) is 4.79 Å². The summed E-state index contributed by atoms with van der Waals surface area (Å²) in [6.07, 6.45) is 2.76. The number of carbonyl (C=O) groups is 1. The lowest BCUT2D eigenvalue weighted by Crippen LogP contribution is -2.30. The summed E-state index contributed by atoms with van der Waals surface area (Å²) in [5.41, 5.74) is 4.10. The van der Waals surface area contributed by atoms with Crippen molar-refractivity contribution in [2.45, 2.75) is 52.2 Å². The lowest BCUT2D eigenvalue weighted by Gasteiger charge is -2.39. The van der Waals surface area contributed by atoms with Crippen LogP contribution in [-0.2, 0) is 27.3 Å². The number of hydrogen-bond donors (Lipinski definition) is 0. The third-order valence-electron chi connectivity index (χ3n) is 6.97. The van der Waals surface area contributed by atoms with E-state index in [4.69, 9.17) is 18.9 Å². The van der Waals surface area contributed by atoms with E-state index < -0.39 is 0 Å². The van der Waals surface area contributed by atoms with Crippen molar-refractivity contribution in [3.05, 3.63) is 83.2 Å². The third kappa shape index (κ3) is 6.50. The second-order valence-corrected chi connectivity index (χ2v) is 10.1. The number of benzene rings is 3. The highest BCUT2D eigenvalue weighted by Gasteiger charge is 2.36. The molecule has 0 bridgehead atoms. The number of aryl methyl sites for hydroxylation is 1. The highest BCUT2D eigenvalue weighted by Crippen LogP contribution is 2.47. The number of halogens is 1. The zero-order valence-corrected chi connectivity index (χ0v) is 22.0. The molecule has 1 fully saturated rings. The molecule has 5 nitrogen and oxygen atoms in total. The highest BCUT2D eigenvalue weighted by molar-refractivity contribution is 5.71. The van der Waals surface area contributed by atoms with Gasteiger partial charge in [-0.1, -0.05) is 38.1 Å². The average molecular weight is 507 g/mol. The van der Waals surface area contributed by atoms with Gasteiger partial charge in [-0.2, -0.15) is 0 Å². The Morgan fingerprint density at radius 3 is 2.59 bits per heavy atom. The van der Waals surface area contributed by atoms with Gasteiger partial charge >= 0.3 is 5.97 Å². The first-order valence-electron chi connectivity index (χ1n) is 12.7. The van der Waals surface area contributed by atoms with Crippen molar-refractivity contribution in [3.8, 4) is 22.6 Å². The summed E-state index contributed by atoms with van der Waals surface area (Å²) >= 11 is 0. The van der Waals surface area contributed by atoms with E-state index in [9.17, 15) is 4.79 Å². The molecule has 3 aromatic rings. The Bertz CT molecular complexity index is 1240. The largest absolute Gasteiger partial charge is 0.497 e. The van der Waals surface area contributed by atoms with Gasteiger partial charge in [0.15, 0.2) is 0 Å². The molecular weight excluding hydrogens is 471 g/mol. The Morgan fingerprint density at radius 2 is 1.84 bits per heavy atom. The summed E-state index contributed by atoms with van der Waals surface area (Å²) in [6.45, 7) is 5.42. The van der Waals surface area contributed by atoms with E-state index in [1.807, 2.05) is 36.4 Å². The maximum atomic E-state index is 15.0. The Balaban J connectivity index is 1.63. The minimum absolute atomic E-state index is 0.101. The first-order valence-corrected chi connectivity index (χ1v) is 12.7. The summed E-state index contributed by atoms with van der Waals surface area (Å²) in [5, 5.41) is 0. The molecule has 1 heterocycles. The summed E-state index contributed by atoms with van der Waals surface area (Å²) in [7, 11) is 2.97. The number of esters is 1. The number of ether oxygens (including phenoxy) is 4. The molecule has 0 radical (unpaired) electrons. The van der Waals surface area contributed by atoms with Crippen LogP contribution < -0.4 is 9.47 Å². The van der Waals surface area contributed by atoms with Gasteiger partial charge in [0, 0.05) is 18.6 Å². The Labute approximate surface area is 218 Å². The molecule has 0 aliphatic carbocycles. The van der Waals surface area contributed by atoms with Gasteiger partial charge in [0.2, 0.25) is 0 Å². The lowest BCUT2D eigenvalue weighted by atomic mass is 9.75. The van der Waals surface area contributed by atoms with Crippen LogP contribution in [0.3, 0.4) is 0 Å². The fraction of sp³-hybridized carbons (Fsp3) is 0.387. The maximum absolute atomic E-state index is 15.0. The molecule has 1 saturated heterocycles. The van der Waals surface area contributed by atoms with Gasteiger partial charge in [-0.15, -0.1) is 0 Å². The van der Waals surface area contributed by atoms with E-state index in [0.717, 1.165) is 40.8 Å². The fourth-order valence-electron chi connectivity index (χ4n) is 4.90. The third-order valence-corrected chi connectivity index (χ3v) is 6.97. The predicted octanol–water partition coefficient (Wildman–Crippen LogP) is 7.06. The lowest BCUT2D eigenvalue weighted by molar-refractivity contribution is -0.140. The topological polar surface area (TPSA) is 54.0 Å².